The molecule has 0 spiro atoms. The predicted molar refractivity (Wildman–Crippen MR) is 582 cm³/mol. The summed E-state index contributed by atoms with van der Waals surface area (Å²) in [6.45, 7) is 0. The highest BCUT2D eigenvalue weighted by Gasteiger charge is 2.30. The first kappa shape index (κ1) is 84.8. The van der Waals surface area contributed by atoms with Crippen LogP contribution in [0.1, 0.15) is 0 Å². The number of hydrogen-bond donors (Lipinski definition) is 0. The molecule has 0 aliphatic rings. The summed E-state index contributed by atoms with van der Waals surface area (Å²) in [5, 5.41) is 26.4. The fourth-order valence-corrected chi connectivity index (χ4v) is 20.9. The lowest BCUT2D eigenvalue weighted by atomic mass is 9.91. The normalized spacial score (nSPS) is 11.5. The number of nitrogens with zero attached hydrogens (tertiary/aromatic N) is 10. The van der Waals surface area contributed by atoms with E-state index in [9.17, 15) is 0 Å². The minimum atomic E-state index is -0.415. The maximum Gasteiger partial charge on any atom is 0.234 e. The molecule has 142 heavy (non-hydrogen) atoms. The van der Waals surface area contributed by atoms with E-state index >= 15 is 17.6 Å². The van der Waals surface area contributed by atoms with E-state index in [1.807, 2.05) is 190 Å². The molecule has 0 saturated carbocycles. The van der Waals surface area contributed by atoms with Crippen LogP contribution < -0.4 is 29.4 Å². The van der Waals surface area contributed by atoms with Gasteiger partial charge in [-0.15, -0.1) is 0 Å². The maximum absolute atomic E-state index is 15.7. The van der Waals surface area contributed by atoms with E-state index in [1.165, 1.54) is 40.4 Å². The lowest BCUT2D eigenvalue weighted by Gasteiger charge is -2.29. The zero-order valence-corrected chi connectivity index (χ0v) is 76.3. The Morgan fingerprint density at radius 1 is 0.148 bits per heavy atom. The van der Waals surface area contributed by atoms with Crippen molar-refractivity contribution in [3.05, 3.63) is 521 Å². The summed E-state index contributed by atoms with van der Waals surface area (Å²) in [4.78, 5) is 31.1. The zero-order chi connectivity index (χ0) is 94.8. The van der Waals surface area contributed by atoms with Crippen LogP contribution in [-0.2, 0) is 0 Å². The van der Waals surface area contributed by atoms with E-state index in [2.05, 4.69) is 270 Å². The van der Waals surface area contributed by atoms with Gasteiger partial charge in [-0.2, -0.15) is 0 Å². The molecule has 0 aliphatic carbocycles. The smallest absolute Gasteiger partial charge is 0.234 e. The van der Waals surface area contributed by atoms with Gasteiger partial charge in [-0.3, -0.25) is 14.7 Å². The van der Waals surface area contributed by atoms with E-state index in [4.69, 9.17) is 15.0 Å². The second kappa shape index (κ2) is 36.0. The first-order valence-corrected chi connectivity index (χ1v) is 47.2. The van der Waals surface area contributed by atoms with Crippen LogP contribution in [0.3, 0.4) is 0 Å². The van der Waals surface area contributed by atoms with Crippen molar-refractivity contribution in [1.82, 2.24) is 19.9 Å². The minimum Gasteiger partial charge on any atom is -0.307 e. The lowest BCUT2D eigenvalue weighted by molar-refractivity contribution is 0.622. The summed E-state index contributed by atoms with van der Waals surface area (Å²) >= 11 is 0. The molecule has 0 atom stereocenters. The van der Waals surface area contributed by atoms with Crippen LogP contribution in [0.15, 0.2) is 498 Å². The average Bonchev–Trinajstić information content (AvgIpc) is 0.724. The number of halogens is 4. The largest absolute Gasteiger partial charge is 0.307 e. The topological polar surface area (TPSA) is 71.0 Å². The molecule has 0 aliphatic heterocycles. The number of rotatable bonds is 18. The third-order valence-corrected chi connectivity index (χ3v) is 27.2. The Morgan fingerprint density at radius 2 is 0.437 bits per heavy atom. The average molecular weight is 1840 g/mol. The van der Waals surface area contributed by atoms with Gasteiger partial charge < -0.3 is 14.7 Å². The minimum absolute atomic E-state index is 0.221. The molecule has 672 valence electrons. The summed E-state index contributed by atoms with van der Waals surface area (Å²) in [6.07, 6.45) is 7.02. The first-order valence-electron chi connectivity index (χ1n) is 47.2. The molecule has 0 radical (unpaired) electrons. The molecule has 14 heteroatoms. The number of pyridine rings is 2. The van der Waals surface area contributed by atoms with Gasteiger partial charge in [0.05, 0.1) is 56.9 Å². The Hall–Kier alpha value is -18.9. The van der Waals surface area contributed by atoms with Crippen LogP contribution in [0, 0.1) is 23.3 Å². The van der Waals surface area contributed by atoms with E-state index in [-0.39, 0.29) is 23.3 Å². The van der Waals surface area contributed by atoms with Crippen LogP contribution >= 0.6 is 0 Å². The van der Waals surface area contributed by atoms with Crippen molar-refractivity contribution in [2.24, 2.45) is 0 Å². The van der Waals surface area contributed by atoms with E-state index in [1.54, 1.807) is 48.9 Å². The number of benzene rings is 24. The van der Waals surface area contributed by atoms with Crippen LogP contribution in [0.2, 0.25) is 0 Å². The third kappa shape index (κ3) is 14.9. The number of fused-ring (bicyclic) bond motifs is 3. The maximum atomic E-state index is 15.7. The second-order valence-corrected chi connectivity index (χ2v) is 35.3. The Morgan fingerprint density at radius 3 is 0.831 bits per heavy atom. The summed E-state index contributed by atoms with van der Waals surface area (Å²) in [5.41, 5.74) is 12.5. The van der Waals surface area contributed by atoms with E-state index in [0.29, 0.717) is 23.0 Å². The molecule has 3 heterocycles. The molecule has 27 rings (SSSR count). The van der Waals surface area contributed by atoms with Crippen LogP contribution in [0.4, 0.5) is 120 Å². The summed E-state index contributed by atoms with van der Waals surface area (Å²) in [5.74, 6) is 0.379. The molecule has 0 bridgehead atoms. The monoisotopic (exact) mass is 1830 g/mol. The molecular formula is C128H82F4N10. The Labute approximate surface area is 814 Å². The number of aromatic nitrogens is 4. The van der Waals surface area contributed by atoms with Crippen molar-refractivity contribution >= 4 is 232 Å². The number of hydrogen-bond acceptors (Lipinski definition) is 10. The van der Waals surface area contributed by atoms with Crippen molar-refractivity contribution in [2.75, 3.05) is 29.4 Å². The van der Waals surface area contributed by atoms with Crippen molar-refractivity contribution in [2.45, 2.75) is 0 Å². The van der Waals surface area contributed by atoms with Gasteiger partial charge in [-0.1, -0.05) is 303 Å². The molecule has 0 fully saturated rings. The molecule has 3 aromatic heterocycles. The van der Waals surface area contributed by atoms with Crippen LogP contribution in [0.5, 0.6) is 0 Å². The summed E-state index contributed by atoms with van der Waals surface area (Å²) in [7, 11) is 0. The highest BCUT2D eigenvalue weighted by atomic mass is 19.1. The van der Waals surface area contributed by atoms with Gasteiger partial charge >= 0.3 is 0 Å². The van der Waals surface area contributed by atoms with Gasteiger partial charge in [0, 0.05) is 90.9 Å². The standard InChI is InChI=1S/C43H27F2N3.C43H28FN3.C42H27FN4/c44-36-13-6-7-15-40(36)47(32-11-2-1-3-12-32)38-24-19-29-18-23-35-39(25-20-30-17-22-34(38)41(29)42(30)35)48(43-37(45)14-8-26-46-43)33-21-16-28-9-4-5-10-31(28)27-33;44-36-16-6-7-17-40(36)46(32-13-2-1-3-14-32)38-26-22-30-21-25-35-39(27-23-31-20-24-34(38)42(30)43(31)35)47(41-19-8-9-28-45-41)37-18-10-12-29-11-4-5-15-33(29)37;43-36-13-6-7-14-39(36)46(32-11-2-1-3-12-32)37-23-18-29-17-22-35-38(24-19-30-16-21-34(37)40(29)41(30)35)47(42-44-25-8-26-45-42)33-20-15-28-9-4-5-10-31(28)27-33/h1-27H;1-28H;1-27H. The van der Waals surface area contributed by atoms with E-state index < -0.39 is 5.82 Å². The van der Waals surface area contributed by atoms with Gasteiger partial charge in [0.15, 0.2) is 11.6 Å². The highest BCUT2D eigenvalue weighted by molar-refractivity contribution is 6.32. The molecule has 0 amide bonds. The Balaban J connectivity index is 0.000000112. The summed E-state index contributed by atoms with van der Waals surface area (Å²) in [6, 6.07) is 157. The highest BCUT2D eigenvalue weighted by Crippen LogP contribution is 2.54. The second-order valence-electron chi connectivity index (χ2n) is 35.3. The summed E-state index contributed by atoms with van der Waals surface area (Å²) < 4.78 is 62.2. The predicted octanol–water partition coefficient (Wildman–Crippen LogP) is 36.2. The Bertz CT molecular complexity index is 9430. The number of anilines is 18. The van der Waals surface area contributed by atoms with E-state index in [0.717, 1.165) is 187 Å². The fourth-order valence-electron chi connectivity index (χ4n) is 20.9. The third-order valence-electron chi connectivity index (χ3n) is 27.2. The molecule has 24 aromatic carbocycles. The quantitative estimate of drug-likeness (QED) is 0.0613. The van der Waals surface area contributed by atoms with Gasteiger partial charge in [0.1, 0.15) is 23.3 Å². The number of para-hydroxylation sites is 6. The van der Waals surface area contributed by atoms with Crippen molar-refractivity contribution in [3.63, 3.8) is 0 Å². The molecule has 27 aromatic rings. The SMILES string of the molecule is Fc1ccccc1N(c1ccccc1)c1ccc2ccc3c(N(c4ccc5ccccc5c4)c4ncccc4F)ccc4ccc1c2c43.Fc1ccccc1N(c1ccccc1)c1ccc2ccc3c(N(c4ccc5ccccc5c4)c4ncccn4)ccc4ccc1c2c43.Fc1ccccc1N(c1ccccc1)c1ccc2ccc3c(N(c4ccccn4)c4cccc5ccccc45)ccc4ccc1c2c43. The van der Waals surface area contributed by atoms with Gasteiger partial charge in [0.25, 0.3) is 0 Å². The first-order chi connectivity index (χ1) is 70.2. The van der Waals surface area contributed by atoms with Gasteiger partial charge in [0.2, 0.25) is 5.95 Å². The molecule has 0 N–H and O–H groups in total. The van der Waals surface area contributed by atoms with Crippen LogP contribution in [0.25, 0.3) is 129 Å². The van der Waals surface area contributed by atoms with Crippen molar-refractivity contribution < 1.29 is 17.6 Å². The zero-order valence-electron chi connectivity index (χ0n) is 76.3. The van der Waals surface area contributed by atoms with Crippen molar-refractivity contribution in [3.8, 4) is 0 Å². The Kier molecular flexibility index (Phi) is 21.5. The molecular weight excluding hydrogens is 1750 g/mol. The van der Waals surface area contributed by atoms with Crippen molar-refractivity contribution in [1.29, 1.82) is 0 Å². The molecule has 10 nitrogen and oxygen atoms in total. The van der Waals surface area contributed by atoms with Gasteiger partial charge in [-0.05, 0) is 261 Å². The molecule has 0 saturated heterocycles. The van der Waals surface area contributed by atoms with Gasteiger partial charge in [-0.25, -0.2) is 37.5 Å². The lowest BCUT2D eigenvalue weighted by Crippen LogP contribution is -2.14. The molecule has 0 unspecified atom stereocenters. The van der Waals surface area contributed by atoms with Crippen LogP contribution in [-0.4, -0.2) is 19.9 Å². The fraction of sp³-hybridized carbons (Fsp3) is 0.